The maximum atomic E-state index is 12.9. The number of benzene rings is 2. The molecule has 1 fully saturated rings. The van der Waals surface area contributed by atoms with Gasteiger partial charge in [0.15, 0.2) is 0 Å². The van der Waals surface area contributed by atoms with Crippen LogP contribution in [-0.4, -0.2) is 62.6 Å². The Hall–Kier alpha value is -3.40. The molecule has 1 aliphatic heterocycles. The first-order valence-electron chi connectivity index (χ1n) is 11.5. The zero-order chi connectivity index (χ0) is 24.3. The number of sulfonamides is 1. The van der Waals surface area contributed by atoms with E-state index >= 15 is 0 Å². The van der Waals surface area contributed by atoms with Gasteiger partial charge in [-0.1, -0.05) is 30.3 Å². The topological polar surface area (TPSA) is 96.6 Å². The number of morpholine rings is 1. The number of aromatic amines is 1. The second-order valence-corrected chi connectivity index (χ2v) is 10.3. The van der Waals surface area contributed by atoms with Crippen LogP contribution in [0.1, 0.15) is 17.0 Å². The van der Waals surface area contributed by atoms with Crippen LogP contribution < -0.4 is 10.1 Å². The summed E-state index contributed by atoms with van der Waals surface area (Å²) >= 11 is 0. The third-order valence-electron chi connectivity index (χ3n) is 6.35. The Bertz CT molecular complexity index is 1380. The quantitative estimate of drug-likeness (QED) is 0.388. The number of para-hydroxylation sites is 1. The summed E-state index contributed by atoms with van der Waals surface area (Å²) in [6, 6.07) is 19.6. The molecule has 0 unspecified atom stereocenters. The van der Waals surface area contributed by atoms with Gasteiger partial charge in [0.2, 0.25) is 10.0 Å². The Morgan fingerprint density at radius 1 is 1.09 bits per heavy atom. The van der Waals surface area contributed by atoms with E-state index in [1.54, 1.807) is 19.2 Å². The summed E-state index contributed by atoms with van der Waals surface area (Å²) in [7, 11) is -1.92. The summed E-state index contributed by atoms with van der Waals surface area (Å²) in [6.45, 7) is 2.11. The second-order valence-electron chi connectivity index (χ2n) is 8.39. The van der Waals surface area contributed by atoms with Crippen LogP contribution in [0.3, 0.4) is 0 Å². The first-order chi connectivity index (χ1) is 17.1. The van der Waals surface area contributed by atoms with E-state index in [1.165, 1.54) is 16.1 Å². The number of anilines is 1. The zero-order valence-electron chi connectivity index (χ0n) is 19.5. The number of methoxy groups -OCH3 is 1. The molecule has 3 heterocycles. The summed E-state index contributed by atoms with van der Waals surface area (Å²) in [5.74, 6) is 1.46. The van der Waals surface area contributed by atoms with E-state index in [2.05, 4.69) is 39.6 Å². The van der Waals surface area contributed by atoms with E-state index in [9.17, 15) is 8.42 Å². The van der Waals surface area contributed by atoms with E-state index in [0.717, 1.165) is 22.2 Å². The molecule has 8 nitrogen and oxygen atoms in total. The molecule has 5 rings (SSSR count). The number of H-pyrrole nitrogens is 1. The van der Waals surface area contributed by atoms with Crippen molar-refractivity contribution in [2.45, 2.75) is 10.8 Å². The third kappa shape index (κ3) is 4.88. The van der Waals surface area contributed by atoms with Gasteiger partial charge in [-0.2, -0.15) is 4.31 Å². The van der Waals surface area contributed by atoms with Gasteiger partial charge in [0, 0.05) is 48.8 Å². The van der Waals surface area contributed by atoms with Crippen molar-refractivity contribution in [2.75, 3.05) is 45.3 Å². The minimum absolute atomic E-state index is 0.0376. The SMILES string of the molecule is COc1ccc([C@@H](CNc2ccc(S(=O)(=O)N3CCOCC3)cn2)c2c[nH]c3ccccc23)cc1. The summed E-state index contributed by atoms with van der Waals surface area (Å²) < 4.78 is 37.8. The number of rotatable bonds is 8. The van der Waals surface area contributed by atoms with E-state index in [4.69, 9.17) is 9.47 Å². The molecule has 0 saturated carbocycles. The highest BCUT2D eigenvalue weighted by atomic mass is 32.2. The second kappa shape index (κ2) is 10.1. The van der Waals surface area contributed by atoms with E-state index in [0.29, 0.717) is 38.7 Å². The number of aromatic nitrogens is 2. The Labute approximate surface area is 205 Å². The number of hydrogen-bond acceptors (Lipinski definition) is 6. The first-order valence-corrected chi connectivity index (χ1v) is 13.0. The van der Waals surface area contributed by atoms with Gasteiger partial charge in [0.25, 0.3) is 0 Å². The minimum Gasteiger partial charge on any atom is -0.497 e. The third-order valence-corrected chi connectivity index (χ3v) is 8.23. The predicted molar refractivity (Wildman–Crippen MR) is 135 cm³/mol. The fourth-order valence-electron chi connectivity index (χ4n) is 4.41. The van der Waals surface area contributed by atoms with Gasteiger partial charge in [-0.15, -0.1) is 0 Å². The van der Waals surface area contributed by atoms with Crippen molar-refractivity contribution in [3.8, 4) is 5.75 Å². The van der Waals surface area contributed by atoms with Gasteiger partial charge >= 0.3 is 0 Å². The molecule has 1 saturated heterocycles. The van der Waals surface area contributed by atoms with Crippen molar-refractivity contribution >= 4 is 26.7 Å². The molecule has 4 aromatic rings. The van der Waals surface area contributed by atoms with Crippen LogP contribution in [0.4, 0.5) is 5.82 Å². The molecule has 0 spiro atoms. The van der Waals surface area contributed by atoms with Crippen LogP contribution in [0.15, 0.2) is 78.0 Å². The van der Waals surface area contributed by atoms with E-state index in [-0.39, 0.29) is 10.8 Å². The van der Waals surface area contributed by atoms with Gasteiger partial charge in [-0.3, -0.25) is 0 Å². The van der Waals surface area contributed by atoms with Crippen molar-refractivity contribution in [3.05, 3.63) is 84.2 Å². The molecule has 0 bridgehead atoms. The van der Waals surface area contributed by atoms with Crippen LogP contribution in [-0.2, 0) is 14.8 Å². The summed E-state index contributed by atoms with van der Waals surface area (Å²) in [5, 5.41) is 4.56. The van der Waals surface area contributed by atoms with Crippen LogP contribution in [0.2, 0.25) is 0 Å². The molecule has 1 aliphatic rings. The zero-order valence-corrected chi connectivity index (χ0v) is 20.3. The molecule has 0 amide bonds. The molecule has 1 atom stereocenters. The van der Waals surface area contributed by atoms with Crippen LogP contribution >= 0.6 is 0 Å². The smallest absolute Gasteiger partial charge is 0.244 e. The first kappa shape index (κ1) is 23.3. The normalized spacial score (nSPS) is 15.7. The van der Waals surface area contributed by atoms with Crippen molar-refractivity contribution in [1.29, 1.82) is 0 Å². The Morgan fingerprint density at radius 2 is 1.86 bits per heavy atom. The molecule has 35 heavy (non-hydrogen) atoms. The summed E-state index contributed by atoms with van der Waals surface area (Å²) in [4.78, 5) is 7.95. The van der Waals surface area contributed by atoms with E-state index in [1.807, 2.05) is 30.5 Å². The van der Waals surface area contributed by atoms with Crippen molar-refractivity contribution < 1.29 is 17.9 Å². The van der Waals surface area contributed by atoms with Crippen LogP contribution in [0.25, 0.3) is 10.9 Å². The Kier molecular flexibility index (Phi) is 6.72. The number of nitrogens with one attached hydrogen (secondary N) is 2. The lowest BCUT2D eigenvalue weighted by Crippen LogP contribution is -2.40. The van der Waals surface area contributed by atoms with Gasteiger partial charge in [0.05, 0.1) is 20.3 Å². The molecule has 182 valence electrons. The molecular formula is C26H28N4O4S. The predicted octanol–water partition coefficient (Wildman–Crippen LogP) is 3.84. The minimum atomic E-state index is -3.57. The Balaban J connectivity index is 1.38. The monoisotopic (exact) mass is 492 g/mol. The summed E-state index contributed by atoms with van der Waals surface area (Å²) in [6.07, 6.45) is 3.47. The standard InChI is InChI=1S/C26H28N4O4S/c1-33-20-8-6-19(7-9-20)23(24-18-27-25-5-3-2-4-22(24)25)17-29-26-11-10-21(16-28-26)35(31,32)30-12-14-34-15-13-30/h2-11,16,18,23,27H,12-15,17H2,1H3,(H,28,29)/t23-/m1/s1. The molecule has 2 aromatic heterocycles. The van der Waals surface area contributed by atoms with Crippen LogP contribution in [0.5, 0.6) is 5.75 Å². The van der Waals surface area contributed by atoms with E-state index < -0.39 is 10.0 Å². The molecule has 9 heteroatoms. The van der Waals surface area contributed by atoms with Gasteiger partial charge in [0.1, 0.15) is 16.5 Å². The highest BCUT2D eigenvalue weighted by Crippen LogP contribution is 2.32. The maximum absolute atomic E-state index is 12.9. The van der Waals surface area contributed by atoms with Gasteiger partial charge in [-0.25, -0.2) is 13.4 Å². The van der Waals surface area contributed by atoms with Crippen LogP contribution in [0, 0.1) is 0 Å². The van der Waals surface area contributed by atoms with Crippen molar-refractivity contribution in [3.63, 3.8) is 0 Å². The molecule has 0 radical (unpaired) electrons. The average molecular weight is 493 g/mol. The highest BCUT2D eigenvalue weighted by molar-refractivity contribution is 7.89. The summed E-state index contributed by atoms with van der Waals surface area (Å²) in [5.41, 5.74) is 3.39. The van der Waals surface area contributed by atoms with Gasteiger partial charge < -0.3 is 19.8 Å². The largest absolute Gasteiger partial charge is 0.497 e. The molecular weight excluding hydrogens is 464 g/mol. The number of ether oxygens (including phenoxy) is 2. The fourth-order valence-corrected chi connectivity index (χ4v) is 5.76. The maximum Gasteiger partial charge on any atom is 0.244 e. The number of nitrogens with zero attached hydrogens (tertiary/aromatic N) is 2. The number of fused-ring (bicyclic) bond motifs is 1. The molecule has 0 aliphatic carbocycles. The average Bonchev–Trinajstić information content (AvgIpc) is 3.34. The molecule has 2 N–H and O–H groups in total. The lowest BCUT2D eigenvalue weighted by Gasteiger charge is -2.26. The number of hydrogen-bond donors (Lipinski definition) is 2. The fraction of sp³-hybridized carbons (Fsp3) is 0.269. The lowest BCUT2D eigenvalue weighted by atomic mass is 9.91. The van der Waals surface area contributed by atoms with Crippen molar-refractivity contribution in [1.82, 2.24) is 14.3 Å². The highest BCUT2D eigenvalue weighted by Gasteiger charge is 2.26. The molecule has 2 aromatic carbocycles. The Morgan fingerprint density at radius 3 is 2.57 bits per heavy atom. The number of pyridine rings is 1. The lowest BCUT2D eigenvalue weighted by molar-refractivity contribution is 0.0730. The van der Waals surface area contributed by atoms with Gasteiger partial charge in [-0.05, 0) is 41.5 Å². The van der Waals surface area contributed by atoms with Crippen molar-refractivity contribution in [2.24, 2.45) is 0 Å².